The van der Waals surface area contributed by atoms with E-state index in [1.54, 1.807) is 81.9 Å². The first kappa shape index (κ1) is 56.5. The highest BCUT2D eigenvalue weighted by molar-refractivity contribution is 7.12. The Hall–Kier alpha value is -10.6. The molecule has 0 saturated carbocycles. The van der Waals surface area contributed by atoms with Crippen LogP contribution in [0.1, 0.15) is 51.4 Å². The Kier molecular flexibility index (Phi) is 17.8. The minimum absolute atomic E-state index is 0.103. The van der Waals surface area contributed by atoms with Gasteiger partial charge >= 0.3 is 22.8 Å². The smallest absolute Gasteiger partial charge is 0.369 e. The third kappa shape index (κ3) is 13.4. The van der Waals surface area contributed by atoms with Gasteiger partial charge in [0.05, 0.1) is 23.2 Å². The van der Waals surface area contributed by atoms with Gasteiger partial charge in [-0.05, 0) is 61.1 Å². The minimum Gasteiger partial charge on any atom is -0.492 e. The Morgan fingerprint density at radius 2 is 0.830 bits per heavy atom. The van der Waals surface area contributed by atoms with Crippen LogP contribution in [0.3, 0.4) is 0 Å². The number of rotatable bonds is 19. The first-order chi connectivity index (χ1) is 44.0. The molecule has 12 aromatic heterocycles. The second-order valence-corrected chi connectivity index (χ2v) is 21.5. The van der Waals surface area contributed by atoms with Gasteiger partial charge in [0.2, 0.25) is 0 Å². The van der Waals surface area contributed by atoms with Gasteiger partial charge in [-0.15, -0.1) is 25.2 Å². The lowest BCUT2D eigenvalue weighted by atomic mass is 10.2. The lowest BCUT2D eigenvalue weighted by Gasteiger charge is -2.08. The van der Waals surface area contributed by atoms with E-state index in [9.17, 15) is 19.2 Å². The zero-order valence-electron chi connectivity index (χ0n) is 52.6. The zero-order chi connectivity index (χ0) is 66.2. The van der Waals surface area contributed by atoms with Gasteiger partial charge in [-0.1, -0.05) is 63.9 Å². The fourth-order valence-corrected chi connectivity index (χ4v) is 10.2. The molecule has 12 heterocycles. The summed E-state index contributed by atoms with van der Waals surface area (Å²) in [7, 11) is 13.3. The van der Waals surface area contributed by atoms with Crippen molar-refractivity contribution in [3.8, 4) is 62.1 Å². The molecule has 0 aliphatic heterocycles. The molecule has 0 aromatic carbocycles. The number of thiazole rings is 4. The standard InChI is InChI=1S/C13H16N6O3S.C13H14N6O2S.C13H12N6O2S.C12H14N6O2S/c1-4-21-10-7-17(2)11(19-13(20)18(3)15-16-19)9(10)8-22-12-14-5-6-23-12;2*1-4-9-7-17(2)11(19-13(20)18(3)15-16-19)10(9)8-21-12-14-5-6-22-12;1-8-6-16(2)10(18-12(19)17(3)14-15-18)9(8)7-20-11-13-4-5-21-11/h5-7H,4,8H2,1-3H3;4-7H,1,8H2,2-3H3;1,5-7H,8H2,2-3H3;4-6H,7H2,1-3H3/i3*5T;4T. The topological polar surface area (TPSA) is 328 Å². The summed E-state index contributed by atoms with van der Waals surface area (Å²) < 4.78 is 74.2. The van der Waals surface area contributed by atoms with E-state index in [4.69, 9.17) is 35.6 Å². The Morgan fingerprint density at radius 1 is 0.489 bits per heavy atom. The summed E-state index contributed by atoms with van der Waals surface area (Å²) >= 11 is 4.96. The van der Waals surface area contributed by atoms with E-state index in [-0.39, 0.29) is 68.2 Å². The van der Waals surface area contributed by atoms with Gasteiger partial charge < -0.3 is 42.0 Å². The molecular weight excluding hydrogens is 1220 g/mol. The number of hydrogen-bond donors (Lipinski definition) is 0. The van der Waals surface area contributed by atoms with Crippen molar-refractivity contribution < 1.29 is 29.2 Å². The summed E-state index contributed by atoms with van der Waals surface area (Å²) in [5, 5.41) is 38.3. The molecule has 0 unspecified atom stereocenters. The van der Waals surface area contributed by atoms with Crippen LogP contribution in [-0.2, 0) is 82.8 Å². The number of tetrazole rings is 4. The zero-order valence-corrected chi connectivity index (χ0v) is 51.8. The maximum Gasteiger partial charge on any atom is 0.369 e. The van der Waals surface area contributed by atoms with Crippen LogP contribution in [-0.4, -0.2) is 124 Å². The predicted molar refractivity (Wildman–Crippen MR) is 322 cm³/mol. The molecule has 0 fully saturated rings. The van der Waals surface area contributed by atoms with Gasteiger partial charge in [-0.25, -0.2) is 39.1 Å². The maximum atomic E-state index is 12.2. The van der Waals surface area contributed by atoms with E-state index in [1.807, 2.05) is 37.9 Å². The second-order valence-electron chi connectivity index (χ2n) is 18.2. The van der Waals surface area contributed by atoms with E-state index < -0.39 is 5.69 Å². The van der Waals surface area contributed by atoms with E-state index in [2.05, 4.69) is 74.1 Å². The molecule has 0 aliphatic rings. The fourth-order valence-electron chi connectivity index (χ4n) is 8.42. The second kappa shape index (κ2) is 27.6. The Balaban J connectivity index is 0.000000145. The van der Waals surface area contributed by atoms with Crippen molar-refractivity contribution in [2.24, 2.45) is 56.4 Å². The van der Waals surface area contributed by atoms with E-state index in [0.29, 0.717) is 73.1 Å². The van der Waals surface area contributed by atoms with Crippen molar-refractivity contribution in [1.29, 1.82) is 0 Å². The molecule has 0 aliphatic carbocycles. The van der Waals surface area contributed by atoms with Crippen LogP contribution in [0.15, 0.2) is 96.8 Å². The quantitative estimate of drug-likeness (QED) is 0.105. The molecule has 0 amide bonds. The third-order valence-electron chi connectivity index (χ3n) is 12.4. The number of aromatic nitrogens is 24. The minimum atomic E-state index is -0.390. The molecule has 0 saturated heterocycles. The van der Waals surface area contributed by atoms with Crippen LogP contribution >= 0.6 is 45.3 Å². The van der Waals surface area contributed by atoms with Gasteiger partial charge in [0.25, 0.3) is 20.8 Å². The van der Waals surface area contributed by atoms with Crippen molar-refractivity contribution in [2.45, 2.75) is 40.3 Å². The number of ether oxygens (including phenoxy) is 5. The van der Waals surface area contributed by atoms with Crippen LogP contribution in [0.25, 0.3) is 29.3 Å². The molecule has 0 radical (unpaired) electrons. The number of nitrogens with zero attached hydrogens (tertiary/aromatic N) is 24. The normalized spacial score (nSPS) is 11.5. The van der Waals surface area contributed by atoms with Crippen molar-refractivity contribution >= 4 is 51.4 Å². The third-order valence-corrected chi connectivity index (χ3v) is 15.0. The molecule has 88 heavy (non-hydrogen) atoms. The molecule has 12 aromatic rings. The van der Waals surface area contributed by atoms with Crippen molar-refractivity contribution in [3.63, 3.8) is 0 Å². The fraction of sp³-hybridized carbons (Fsp3) is 0.294. The summed E-state index contributed by atoms with van der Waals surface area (Å²) in [5.41, 5.74) is 3.78. The largest absolute Gasteiger partial charge is 0.492 e. The average molecular weight is 1290 g/mol. The van der Waals surface area contributed by atoms with Crippen molar-refractivity contribution in [2.75, 3.05) is 6.61 Å². The van der Waals surface area contributed by atoms with E-state index in [1.165, 1.54) is 85.2 Å². The first-order valence-electron chi connectivity index (χ1n) is 27.6. The number of terminal acetylenes is 1. The Labute approximate surface area is 519 Å². The first-order valence-corrected chi connectivity index (χ1v) is 29.1. The lowest BCUT2D eigenvalue weighted by Crippen LogP contribution is -2.24. The lowest BCUT2D eigenvalue weighted by molar-refractivity contribution is 0.286. The van der Waals surface area contributed by atoms with Crippen molar-refractivity contribution in [1.82, 2.24) is 117 Å². The predicted octanol–water partition coefficient (Wildman–Crippen LogP) is 2.69. The highest BCUT2D eigenvalue weighted by Crippen LogP contribution is 2.30. The van der Waals surface area contributed by atoms with Crippen LogP contribution in [0.4, 0.5) is 0 Å². The highest BCUT2D eigenvalue weighted by Gasteiger charge is 2.24. The Morgan fingerprint density at radius 3 is 1.19 bits per heavy atom. The van der Waals surface area contributed by atoms with Gasteiger partial charge in [0.15, 0.2) is 5.82 Å². The molecule has 37 heteroatoms. The summed E-state index contributed by atoms with van der Waals surface area (Å²) in [6.07, 6.45) is 15.0. The van der Waals surface area contributed by atoms with Crippen molar-refractivity contribution in [3.05, 3.63) is 158 Å². The van der Waals surface area contributed by atoms with Gasteiger partial charge in [0, 0.05) is 150 Å². The molecule has 458 valence electrons. The van der Waals surface area contributed by atoms with Crippen LogP contribution in [0.5, 0.6) is 26.5 Å². The summed E-state index contributed by atoms with van der Waals surface area (Å²) in [5.74, 6) is 5.33. The molecule has 0 atom stereocenters. The van der Waals surface area contributed by atoms with Gasteiger partial charge in [-0.3, -0.25) is 0 Å². The molecule has 12 rings (SSSR count). The molecular formula is C51H56N24O9S4. The van der Waals surface area contributed by atoms with Gasteiger partial charge in [0.1, 0.15) is 49.6 Å². The molecule has 0 spiro atoms. The number of aryl methyl sites for hydroxylation is 9. The molecule has 0 N–H and O–H groups in total. The molecule has 33 nitrogen and oxygen atoms in total. The molecule has 0 bridgehead atoms. The van der Waals surface area contributed by atoms with Crippen LogP contribution in [0, 0.1) is 19.3 Å². The average Bonchev–Trinajstić information content (AvgIpc) is 1.69. The SMILES string of the molecule is [3H]c1csc(OCc2c(C#C)cn(C)c2-n2nnn(C)c2=O)n1.[3H]c1csc(OCc2c(C)cn(C)c2-n2nnn(C)c2=O)n1.[3H]c1csc(OCc2c(C=C)cn(C)c2-n2nnn(C)c2=O)n1.[3H]c1csc(OCc2c(OCC)cn(C)c2-n2nnn(C)c2=O)n1. The Bertz CT molecular complexity index is 4870. The van der Waals surface area contributed by atoms with Crippen LogP contribution in [0.2, 0.25) is 0 Å². The number of hydrogen-bond acceptors (Lipinski definition) is 25. The summed E-state index contributed by atoms with van der Waals surface area (Å²) in [4.78, 5) is 64.3. The van der Waals surface area contributed by atoms with E-state index in [0.717, 1.165) is 41.0 Å². The monoisotopic (exact) mass is 1280 g/mol. The maximum absolute atomic E-state index is 12.2. The van der Waals surface area contributed by atoms with Gasteiger partial charge in [-0.2, -0.15) is 18.7 Å². The summed E-state index contributed by atoms with van der Waals surface area (Å²) in [6, 6.07) is 0. The summed E-state index contributed by atoms with van der Waals surface area (Å²) in [6.45, 7) is 8.70. The van der Waals surface area contributed by atoms with Crippen LogP contribution < -0.4 is 46.4 Å². The highest BCUT2D eigenvalue weighted by atomic mass is 32.1. The van der Waals surface area contributed by atoms with E-state index >= 15 is 0 Å².